The number of fused-ring (bicyclic) bond motifs is 1. The van der Waals surface area contributed by atoms with Gasteiger partial charge in [-0.05, 0) is 41.7 Å². The van der Waals surface area contributed by atoms with Gasteiger partial charge in [0.05, 0.1) is 5.69 Å². The largest absolute Gasteiger partial charge is 0.338 e. The summed E-state index contributed by atoms with van der Waals surface area (Å²) in [6.45, 7) is 0. The summed E-state index contributed by atoms with van der Waals surface area (Å²) in [5.41, 5.74) is 5.23. The third-order valence-electron chi connectivity index (χ3n) is 5.25. The Morgan fingerprint density at radius 2 is 1.34 bits per heavy atom. The van der Waals surface area contributed by atoms with Crippen molar-refractivity contribution in [2.24, 2.45) is 0 Å². The normalized spacial score (nSPS) is 25.3. The standard InChI is InChI=1S/C22H18N4OS2/c27-20-24-21(16-10-4-1-5-11-16)22(29-20,17-12-6-2-7-13-17)23-19(28)26(21)25-18-14-8-3-9-15-18/h1-15,25H,(H,23,28)(H,24,27)/t21-,22-/m1/s1. The number of para-hydroxylation sites is 1. The van der Waals surface area contributed by atoms with Crippen molar-refractivity contribution >= 4 is 40.0 Å². The van der Waals surface area contributed by atoms with E-state index in [1.807, 2.05) is 96.0 Å². The van der Waals surface area contributed by atoms with Crippen molar-refractivity contribution in [2.75, 3.05) is 5.43 Å². The molecule has 0 unspecified atom stereocenters. The van der Waals surface area contributed by atoms with E-state index in [4.69, 9.17) is 12.2 Å². The highest BCUT2D eigenvalue weighted by molar-refractivity contribution is 8.14. The monoisotopic (exact) mass is 418 g/mol. The minimum atomic E-state index is -0.954. The molecule has 5 nitrogen and oxygen atoms in total. The van der Waals surface area contributed by atoms with Crippen molar-refractivity contribution in [1.82, 2.24) is 15.6 Å². The third-order valence-corrected chi connectivity index (χ3v) is 6.76. The summed E-state index contributed by atoms with van der Waals surface area (Å²) in [6.07, 6.45) is 0. The lowest BCUT2D eigenvalue weighted by Gasteiger charge is -2.42. The Morgan fingerprint density at radius 1 is 0.793 bits per heavy atom. The van der Waals surface area contributed by atoms with Gasteiger partial charge in [0.15, 0.2) is 15.6 Å². The minimum Gasteiger partial charge on any atom is -0.338 e. The van der Waals surface area contributed by atoms with Crippen LogP contribution in [0.4, 0.5) is 10.5 Å². The second-order valence-corrected chi connectivity index (χ2v) is 8.46. The summed E-state index contributed by atoms with van der Waals surface area (Å²) in [5, 5.41) is 8.93. The molecule has 0 saturated carbocycles. The van der Waals surface area contributed by atoms with E-state index in [1.165, 1.54) is 11.8 Å². The van der Waals surface area contributed by atoms with Gasteiger partial charge in [-0.2, -0.15) is 0 Å². The van der Waals surface area contributed by atoms with Gasteiger partial charge in [-0.3, -0.25) is 10.2 Å². The van der Waals surface area contributed by atoms with Crippen LogP contribution >= 0.6 is 24.0 Å². The van der Waals surface area contributed by atoms with Crippen LogP contribution in [0.15, 0.2) is 91.0 Å². The number of carbonyl (C=O) groups excluding carboxylic acids is 1. The van der Waals surface area contributed by atoms with Crippen LogP contribution in [0.5, 0.6) is 0 Å². The Bertz CT molecular complexity index is 1060. The second-order valence-electron chi connectivity index (χ2n) is 6.88. The average Bonchev–Trinajstić information content (AvgIpc) is 3.18. The molecule has 0 spiro atoms. The molecule has 2 atom stereocenters. The van der Waals surface area contributed by atoms with Crippen molar-refractivity contribution in [3.63, 3.8) is 0 Å². The molecular formula is C22H18N4OS2. The van der Waals surface area contributed by atoms with Gasteiger partial charge in [-0.15, -0.1) is 0 Å². The maximum absolute atomic E-state index is 12.8. The highest BCUT2D eigenvalue weighted by Gasteiger charge is 2.70. The van der Waals surface area contributed by atoms with Crippen molar-refractivity contribution in [3.8, 4) is 0 Å². The molecule has 0 radical (unpaired) electrons. The fourth-order valence-electron chi connectivity index (χ4n) is 4.04. The number of rotatable bonds is 4. The number of hydrogen-bond acceptors (Lipinski definition) is 4. The SMILES string of the molecule is O=C1N[C@]2(c3ccccc3)N(Nc3ccccc3)C(=S)N[C@]2(c2ccccc2)S1. The molecule has 2 aliphatic rings. The number of carbonyl (C=O) groups is 1. The molecule has 0 aromatic heterocycles. The first-order valence-electron chi connectivity index (χ1n) is 9.22. The third kappa shape index (κ3) is 2.62. The molecule has 3 N–H and O–H groups in total. The Morgan fingerprint density at radius 3 is 1.97 bits per heavy atom. The van der Waals surface area contributed by atoms with E-state index in [0.717, 1.165) is 16.8 Å². The zero-order chi connectivity index (χ0) is 19.9. The van der Waals surface area contributed by atoms with Crippen LogP contribution in [-0.2, 0) is 10.5 Å². The van der Waals surface area contributed by atoms with E-state index in [9.17, 15) is 4.79 Å². The van der Waals surface area contributed by atoms with Crippen LogP contribution in [0.3, 0.4) is 0 Å². The van der Waals surface area contributed by atoms with Gasteiger partial charge in [0.2, 0.25) is 0 Å². The van der Waals surface area contributed by atoms with Gasteiger partial charge >= 0.3 is 0 Å². The smallest absolute Gasteiger partial charge is 0.284 e. The number of nitrogens with one attached hydrogen (secondary N) is 3. The van der Waals surface area contributed by atoms with Crippen molar-refractivity contribution < 1.29 is 4.79 Å². The number of hydrogen-bond donors (Lipinski definition) is 3. The molecule has 2 heterocycles. The van der Waals surface area contributed by atoms with E-state index < -0.39 is 10.5 Å². The Hall–Kier alpha value is -3.03. The maximum atomic E-state index is 12.8. The zero-order valence-corrected chi connectivity index (χ0v) is 17.0. The minimum absolute atomic E-state index is 0.118. The fraction of sp³-hybridized carbons (Fsp3) is 0.0909. The molecule has 5 rings (SSSR count). The molecule has 1 amide bonds. The maximum Gasteiger partial charge on any atom is 0.284 e. The predicted molar refractivity (Wildman–Crippen MR) is 120 cm³/mol. The molecule has 29 heavy (non-hydrogen) atoms. The Labute approximate surface area is 178 Å². The van der Waals surface area contributed by atoms with Gasteiger partial charge < -0.3 is 10.6 Å². The number of thioether (sulfide) groups is 1. The summed E-state index contributed by atoms with van der Waals surface area (Å²) in [5.74, 6) is 0. The molecule has 3 aromatic carbocycles. The highest BCUT2D eigenvalue weighted by atomic mass is 32.2. The number of anilines is 1. The molecule has 0 aliphatic carbocycles. The fourth-order valence-corrected chi connectivity index (χ4v) is 5.72. The molecule has 144 valence electrons. The lowest BCUT2D eigenvalue weighted by atomic mass is 9.87. The summed E-state index contributed by atoms with van der Waals surface area (Å²) < 4.78 is 0. The van der Waals surface area contributed by atoms with Crippen LogP contribution < -0.4 is 16.1 Å². The number of nitrogens with zero attached hydrogens (tertiary/aromatic N) is 1. The number of amides is 1. The van der Waals surface area contributed by atoms with Gasteiger partial charge in [0, 0.05) is 5.56 Å². The topological polar surface area (TPSA) is 56.4 Å². The lowest BCUT2D eigenvalue weighted by molar-refractivity contribution is 0.150. The van der Waals surface area contributed by atoms with E-state index in [-0.39, 0.29) is 5.24 Å². The van der Waals surface area contributed by atoms with E-state index in [0.29, 0.717) is 5.11 Å². The van der Waals surface area contributed by atoms with Crippen LogP contribution in [-0.4, -0.2) is 15.4 Å². The summed E-state index contributed by atoms with van der Waals surface area (Å²) in [7, 11) is 0. The van der Waals surface area contributed by atoms with E-state index in [2.05, 4.69) is 16.1 Å². The summed E-state index contributed by atoms with van der Waals surface area (Å²) in [4.78, 5) is 12.0. The van der Waals surface area contributed by atoms with E-state index in [1.54, 1.807) is 0 Å². The van der Waals surface area contributed by atoms with Crippen LogP contribution in [0.1, 0.15) is 11.1 Å². The van der Waals surface area contributed by atoms with Crippen LogP contribution in [0.2, 0.25) is 0 Å². The first-order chi connectivity index (χ1) is 14.2. The lowest BCUT2D eigenvalue weighted by Crippen LogP contribution is -2.60. The van der Waals surface area contributed by atoms with E-state index >= 15 is 0 Å². The van der Waals surface area contributed by atoms with Crippen molar-refractivity contribution in [1.29, 1.82) is 0 Å². The molecule has 0 bridgehead atoms. The molecule has 7 heteroatoms. The van der Waals surface area contributed by atoms with Gasteiger partial charge in [-0.25, -0.2) is 5.01 Å². The first kappa shape index (κ1) is 18.0. The molecular weight excluding hydrogens is 400 g/mol. The summed E-state index contributed by atoms with van der Waals surface area (Å²) >= 11 is 6.98. The number of hydrazine groups is 1. The van der Waals surface area contributed by atoms with Crippen molar-refractivity contribution in [2.45, 2.75) is 10.5 Å². The molecule has 2 aliphatic heterocycles. The van der Waals surface area contributed by atoms with Gasteiger partial charge in [-0.1, -0.05) is 78.9 Å². The van der Waals surface area contributed by atoms with Gasteiger partial charge in [0.25, 0.3) is 5.24 Å². The van der Waals surface area contributed by atoms with Crippen molar-refractivity contribution in [3.05, 3.63) is 102 Å². The highest BCUT2D eigenvalue weighted by Crippen LogP contribution is 2.58. The number of thiocarbonyl (C=S) groups is 1. The number of benzene rings is 3. The van der Waals surface area contributed by atoms with Crippen LogP contribution in [0, 0.1) is 0 Å². The quantitative estimate of drug-likeness (QED) is 0.547. The summed E-state index contributed by atoms with van der Waals surface area (Å²) in [6, 6.07) is 29.7. The predicted octanol–water partition coefficient (Wildman–Crippen LogP) is 4.37. The van der Waals surface area contributed by atoms with Gasteiger partial charge in [0.1, 0.15) is 0 Å². The molecule has 3 aromatic rings. The average molecular weight is 419 g/mol. The zero-order valence-electron chi connectivity index (χ0n) is 15.3. The first-order valence-corrected chi connectivity index (χ1v) is 10.4. The Balaban J connectivity index is 1.74. The molecule has 2 saturated heterocycles. The second kappa shape index (κ2) is 6.79. The molecule has 2 fully saturated rings. The van der Waals surface area contributed by atoms with Crippen LogP contribution in [0.25, 0.3) is 0 Å². The Kier molecular flexibility index (Phi) is 4.22.